The zero-order chi connectivity index (χ0) is 11.7. The smallest absolute Gasteiger partial charge is 0.151 e. The first-order valence-electron chi connectivity index (χ1n) is 6.46. The SMILES string of the molecule is Fc1cccc2[nH]c(CC3CCCCC3)nc12. The van der Waals surface area contributed by atoms with Crippen LogP contribution in [0.25, 0.3) is 11.0 Å². The fourth-order valence-corrected chi connectivity index (χ4v) is 2.81. The summed E-state index contributed by atoms with van der Waals surface area (Å²) in [5, 5.41) is 0. The van der Waals surface area contributed by atoms with Crippen LogP contribution in [0.15, 0.2) is 18.2 Å². The molecule has 0 bridgehead atoms. The molecule has 17 heavy (non-hydrogen) atoms. The van der Waals surface area contributed by atoms with E-state index < -0.39 is 0 Å². The molecule has 3 rings (SSSR count). The Balaban J connectivity index is 1.83. The Bertz CT molecular complexity index is 512. The van der Waals surface area contributed by atoms with Crippen LogP contribution < -0.4 is 0 Å². The van der Waals surface area contributed by atoms with Gasteiger partial charge in [0.1, 0.15) is 11.3 Å². The summed E-state index contributed by atoms with van der Waals surface area (Å²) >= 11 is 0. The number of fused-ring (bicyclic) bond motifs is 1. The first-order valence-corrected chi connectivity index (χ1v) is 6.46. The van der Waals surface area contributed by atoms with E-state index >= 15 is 0 Å². The van der Waals surface area contributed by atoms with Crippen LogP contribution in [-0.2, 0) is 6.42 Å². The van der Waals surface area contributed by atoms with Gasteiger partial charge in [-0.05, 0) is 18.1 Å². The fourth-order valence-electron chi connectivity index (χ4n) is 2.81. The van der Waals surface area contributed by atoms with Crippen LogP contribution in [0.2, 0.25) is 0 Å². The lowest BCUT2D eigenvalue weighted by molar-refractivity contribution is 0.352. The minimum atomic E-state index is -0.228. The van der Waals surface area contributed by atoms with Crippen molar-refractivity contribution >= 4 is 11.0 Å². The highest BCUT2D eigenvalue weighted by Crippen LogP contribution is 2.27. The first-order chi connectivity index (χ1) is 8.33. The van der Waals surface area contributed by atoms with Crippen molar-refractivity contribution in [2.45, 2.75) is 38.5 Å². The lowest BCUT2D eigenvalue weighted by Crippen LogP contribution is -2.10. The van der Waals surface area contributed by atoms with Crippen LogP contribution in [0.1, 0.15) is 37.9 Å². The molecule has 0 unspecified atom stereocenters. The number of benzene rings is 1. The van der Waals surface area contributed by atoms with E-state index in [4.69, 9.17) is 0 Å². The Morgan fingerprint density at radius 3 is 2.82 bits per heavy atom. The number of halogens is 1. The van der Waals surface area contributed by atoms with E-state index in [1.807, 2.05) is 6.07 Å². The van der Waals surface area contributed by atoms with Gasteiger partial charge in [-0.1, -0.05) is 38.2 Å². The van der Waals surface area contributed by atoms with Crippen LogP contribution in [-0.4, -0.2) is 9.97 Å². The van der Waals surface area contributed by atoms with Crippen molar-refractivity contribution in [3.63, 3.8) is 0 Å². The van der Waals surface area contributed by atoms with E-state index in [0.717, 1.165) is 23.7 Å². The molecule has 0 spiro atoms. The number of hydrogen-bond acceptors (Lipinski definition) is 1. The maximum Gasteiger partial charge on any atom is 0.151 e. The van der Waals surface area contributed by atoms with Crippen molar-refractivity contribution in [1.82, 2.24) is 9.97 Å². The summed E-state index contributed by atoms with van der Waals surface area (Å²) in [5.74, 6) is 1.44. The second-order valence-electron chi connectivity index (χ2n) is 5.03. The van der Waals surface area contributed by atoms with Crippen molar-refractivity contribution in [1.29, 1.82) is 0 Å². The number of hydrogen-bond donors (Lipinski definition) is 1. The molecule has 90 valence electrons. The summed E-state index contributed by atoms with van der Waals surface area (Å²) in [5.41, 5.74) is 1.30. The van der Waals surface area contributed by atoms with E-state index in [1.165, 1.54) is 38.2 Å². The van der Waals surface area contributed by atoms with E-state index in [-0.39, 0.29) is 5.82 Å². The summed E-state index contributed by atoms with van der Waals surface area (Å²) < 4.78 is 13.5. The van der Waals surface area contributed by atoms with Crippen molar-refractivity contribution < 1.29 is 4.39 Å². The monoisotopic (exact) mass is 232 g/mol. The molecule has 0 amide bonds. The van der Waals surface area contributed by atoms with Gasteiger partial charge >= 0.3 is 0 Å². The van der Waals surface area contributed by atoms with Crippen LogP contribution in [0.4, 0.5) is 4.39 Å². The zero-order valence-corrected chi connectivity index (χ0v) is 9.88. The number of nitrogens with zero attached hydrogens (tertiary/aromatic N) is 1. The molecule has 0 saturated heterocycles. The number of nitrogens with one attached hydrogen (secondary N) is 1. The van der Waals surface area contributed by atoms with Gasteiger partial charge in [-0.2, -0.15) is 0 Å². The molecule has 1 N–H and O–H groups in total. The fraction of sp³-hybridized carbons (Fsp3) is 0.500. The average molecular weight is 232 g/mol. The third kappa shape index (κ3) is 2.19. The molecular weight excluding hydrogens is 215 g/mol. The van der Waals surface area contributed by atoms with E-state index in [0.29, 0.717) is 5.52 Å². The number of rotatable bonds is 2. The zero-order valence-electron chi connectivity index (χ0n) is 9.88. The second kappa shape index (κ2) is 4.47. The molecule has 0 atom stereocenters. The highest BCUT2D eigenvalue weighted by molar-refractivity contribution is 5.75. The molecule has 1 aromatic heterocycles. The summed E-state index contributed by atoms with van der Waals surface area (Å²) in [6.07, 6.45) is 7.58. The van der Waals surface area contributed by atoms with Crippen LogP contribution in [0.3, 0.4) is 0 Å². The number of aromatic amines is 1. The number of aromatic nitrogens is 2. The van der Waals surface area contributed by atoms with Crippen molar-refractivity contribution in [3.05, 3.63) is 29.8 Å². The van der Waals surface area contributed by atoms with Crippen LogP contribution in [0, 0.1) is 11.7 Å². The molecular formula is C14H17FN2. The molecule has 0 radical (unpaired) electrons. The second-order valence-corrected chi connectivity index (χ2v) is 5.03. The molecule has 2 aromatic rings. The minimum absolute atomic E-state index is 0.228. The van der Waals surface area contributed by atoms with Gasteiger partial charge < -0.3 is 4.98 Å². The molecule has 1 heterocycles. The topological polar surface area (TPSA) is 28.7 Å². The molecule has 1 fully saturated rings. The minimum Gasteiger partial charge on any atom is -0.342 e. The molecule has 1 saturated carbocycles. The lowest BCUT2D eigenvalue weighted by Gasteiger charge is -2.20. The van der Waals surface area contributed by atoms with Gasteiger partial charge in [0.15, 0.2) is 5.82 Å². The normalized spacial score (nSPS) is 17.7. The molecule has 3 heteroatoms. The van der Waals surface area contributed by atoms with E-state index in [2.05, 4.69) is 9.97 Å². The predicted molar refractivity (Wildman–Crippen MR) is 66.3 cm³/mol. The summed E-state index contributed by atoms with van der Waals surface area (Å²) in [6.45, 7) is 0. The average Bonchev–Trinajstić information content (AvgIpc) is 2.74. The lowest BCUT2D eigenvalue weighted by atomic mass is 9.87. The number of imidazole rings is 1. The van der Waals surface area contributed by atoms with Crippen LogP contribution >= 0.6 is 0 Å². The molecule has 1 aliphatic rings. The summed E-state index contributed by atoms with van der Waals surface area (Å²) in [6, 6.07) is 5.07. The Labute approximate surface area is 100 Å². The maximum absolute atomic E-state index is 13.5. The highest BCUT2D eigenvalue weighted by Gasteiger charge is 2.16. The first kappa shape index (κ1) is 10.8. The molecule has 0 aliphatic heterocycles. The maximum atomic E-state index is 13.5. The van der Waals surface area contributed by atoms with Gasteiger partial charge in [0, 0.05) is 6.42 Å². The van der Waals surface area contributed by atoms with Gasteiger partial charge in [-0.3, -0.25) is 0 Å². The third-order valence-corrected chi connectivity index (χ3v) is 3.72. The Morgan fingerprint density at radius 1 is 1.24 bits per heavy atom. The van der Waals surface area contributed by atoms with Gasteiger partial charge in [0.25, 0.3) is 0 Å². The summed E-state index contributed by atoms with van der Waals surface area (Å²) in [7, 11) is 0. The number of H-pyrrole nitrogens is 1. The predicted octanol–water partition coefficient (Wildman–Crippen LogP) is 3.82. The van der Waals surface area contributed by atoms with Crippen LogP contribution in [0.5, 0.6) is 0 Å². The standard InChI is InChI=1S/C14H17FN2/c15-11-7-4-8-12-14(11)17-13(16-12)9-10-5-2-1-3-6-10/h4,7-8,10H,1-3,5-6,9H2,(H,16,17). The van der Waals surface area contributed by atoms with E-state index in [1.54, 1.807) is 6.07 Å². The highest BCUT2D eigenvalue weighted by atomic mass is 19.1. The quantitative estimate of drug-likeness (QED) is 0.837. The summed E-state index contributed by atoms with van der Waals surface area (Å²) in [4.78, 5) is 7.61. The van der Waals surface area contributed by atoms with E-state index in [9.17, 15) is 4.39 Å². The van der Waals surface area contributed by atoms with Gasteiger partial charge in [0.2, 0.25) is 0 Å². The molecule has 1 aromatic carbocycles. The molecule has 1 aliphatic carbocycles. The Kier molecular flexibility index (Phi) is 2.83. The number of para-hydroxylation sites is 1. The van der Waals surface area contributed by atoms with Gasteiger partial charge in [-0.25, -0.2) is 9.37 Å². The van der Waals surface area contributed by atoms with Crippen molar-refractivity contribution in [3.8, 4) is 0 Å². The Hall–Kier alpha value is -1.38. The molecule has 2 nitrogen and oxygen atoms in total. The van der Waals surface area contributed by atoms with Gasteiger partial charge in [0.05, 0.1) is 5.52 Å². The Morgan fingerprint density at radius 2 is 2.06 bits per heavy atom. The third-order valence-electron chi connectivity index (χ3n) is 3.72. The van der Waals surface area contributed by atoms with Crippen molar-refractivity contribution in [2.75, 3.05) is 0 Å². The van der Waals surface area contributed by atoms with Crippen molar-refractivity contribution in [2.24, 2.45) is 5.92 Å². The van der Waals surface area contributed by atoms with Gasteiger partial charge in [-0.15, -0.1) is 0 Å². The largest absolute Gasteiger partial charge is 0.342 e.